The van der Waals surface area contributed by atoms with E-state index >= 15 is 0 Å². The highest BCUT2D eigenvalue weighted by atomic mass is 16.2. The van der Waals surface area contributed by atoms with Crippen molar-refractivity contribution in [2.45, 2.75) is 50.6 Å². The van der Waals surface area contributed by atoms with Crippen LogP contribution in [0.2, 0.25) is 0 Å². The second kappa shape index (κ2) is 2.24. The Balaban J connectivity index is 1.87. The third-order valence-corrected chi connectivity index (χ3v) is 3.73. The first-order valence-electron chi connectivity index (χ1n) is 5.17. The van der Waals surface area contributed by atoms with Crippen molar-refractivity contribution in [1.29, 1.82) is 0 Å². The summed E-state index contributed by atoms with van der Waals surface area (Å²) in [4.78, 5) is 13.7. The minimum Gasteiger partial charge on any atom is -0.336 e. The SMILES string of the molecule is O=C1CC[C@@H]2CCC[C@@H]3C[C@@H]3N12. The van der Waals surface area contributed by atoms with Gasteiger partial charge in [-0.25, -0.2) is 0 Å². The highest BCUT2D eigenvalue weighted by Gasteiger charge is 2.49. The zero-order valence-corrected chi connectivity index (χ0v) is 7.33. The molecule has 3 aliphatic rings. The van der Waals surface area contributed by atoms with Crippen molar-refractivity contribution in [2.24, 2.45) is 5.92 Å². The molecule has 0 aromatic rings. The largest absolute Gasteiger partial charge is 0.336 e. The van der Waals surface area contributed by atoms with E-state index in [1.807, 2.05) is 0 Å². The molecule has 1 saturated carbocycles. The molecule has 2 nitrogen and oxygen atoms in total. The van der Waals surface area contributed by atoms with Gasteiger partial charge < -0.3 is 4.90 Å². The predicted octanol–water partition coefficient (Wildman–Crippen LogP) is 1.55. The van der Waals surface area contributed by atoms with Crippen molar-refractivity contribution in [3.63, 3.8) is 0 Å². The van der Waals surface area contributed by atoms with Crippen LogP contribution in [0.3, 0.4) is 0 Å². The van der Waals surface area contributed by atoms with Gasteiger partial charge in [0.25, 0.3) is 0 Å². The maximum atomic E-state index is 11.5. The third kappa shape index (κ3) is 0.838. The van der Waals surface area contributed by atoms with E-state index in [4.69, 9.17) is 0 Å². The zero-order chi connectivity index (χ0) is 8.13. The van der Waals surface area contributed by atoms with Gasteiger partial charge in [0.05, 0.1) is 0 Å². The van der Waals surface area contributed by atoms with Crippen molar-refractivity contribution in [2.75, 3.05) is 0 Å². The van der Waals surface area contributed by atoms with E-state index in [2.05, 4.69) is 4.90 Å². The topological polar surface area (TPSA) is 20.3 Å². The third-order valence-electron chi connectivity index (χ3n) is 3.73. The van der Waals surface area contributed by atoms with Crippen LogP contribution in [0.4, 0.5) is 0 Å². The summed E-state index contributed by atoms with van der Waals surface area (Å²) in [7, 11) is 0. The van der Waals surface area contributed by atoms with Crippen LogP contribution in [-0.2, 0) is 4.79 Å². The minimum absolute atomic E-state index is 0.439. The van der Waals surface area contributed by atoms with E-state index in [9.17, 15) is 4.79 Å². The van der Waals surface area contributed by atoms with Gasteiger partial charge in [-0.1, -0.05) is 6.42 Å². The molecule has 66 valence electrons. The van der Waals surface area contributed by atoms with Crippen LogP contribution in [0.5, 0.6) is 0 Å². The van der Waals surface area contributed by atoms with Gasteiger partial charge in [0.2, 0.25) is 5.91 Å². The number of hydrogen-bond acceptors (Lipinski definition) is 1. The van der Waals surface area contributed by atoms with Crippen molar-refractivity contribution < 1.29 is 4.79 Å². The highest BCUT2D eigenvalue weighted by molar-refractivity contribution is 5.79. The summed E-state index contributed by atoms with van der Waals surface area (Å²) in [6, 6.07) is 1.31. The van der Waals surface area contributed by atoms with E-state index < -0.39 is 0 Å². The molecule has 12 heavy (non-hydrogen) atoms. The van der Waals surface area contributed by atoms with Crippen molar-refractivity contribution in [3.05, 3.63) is 0 Å². The van der Waals surface area contributed by atoms with Gasteiger partial charge in [-0.05, 0) is 31.6 Å². The molecular formula is C10H15NO. The molecule has 0 spiro atoms. The van der Waals surface area contributed by atoms with Crippen LogP contribution in [0, 0.1) is 5.92 Å². The molecule has 1 aliphatic carbocycles. The first kappa shape index (κ1) is 6.93. The maximum Gasteiger partial charge on any atom is 0.223 e. The second-order valence-electron chi connectivity index (χ2n) is 4.49. The summed E-state index contributed by atoms with van der Waals surface area (Å²) in [5, 5.41) is 0. The van der Waals surface area contributed by atoms with Gasteiger partial charge in [-0.2, -0.15) is 0 Å². The van der Waals surface area contributed by atoms with Crippen LogP contribution < -0.4 is 0 Å². The van der Waals surface area contributed by atoms with Crippen molar-refractivity contribution >= 4 is 5.91 Å². The first-order chi connectivity index (χ1) is 5.86. The Labute approximate surface area is 72.9 Å². The van der Waals surface area contributed by atoms with Gasteiger partial charge in [0.1, 0.15) is 0 Å². The molecule has 2 aliphatic heterocycles. The number of fused-ring (bicyclic) bond motifs is 3. The molecular weight excluding hydrogens is 150 g/mol. The summed E-state index contributed by atoms with van der Waals surface area (Å²) in [5.41, 5.74) is 0. The molecule has 2 heterocycles. The molecule has 2 heteroatoms. The van der Waals surface area contributed by atoms with Gasteiger partial charge in [0, 0.05) is 18.5 Å². The fraction of sp³-hybridized carbons (Fsp3) is 0.900. The van der Waals surface area contributed by atoms with Crippen LogP contribution in [0.15, 0.2) is 0 Å². The van der Waals surface area contributed by atoms with Gasteiger partial charge >= 0.3 is 0 Å². The standard InChI is InChI=1S/C10H15NO/c12-10-5-4-8-3-1-2-7-6-9(7)11(8)10/h7-9H,1-6H2/t7-,8+,9+/m1/s1. The molecule has 3 rings (SSSR count). The fourth-order valence-corrected chi connectivity index (χ4v) is 3.00. The van der Waals surface area contributed by atoms with E-state index in [0.29, 0.717) is 18.0 Å². The van der Waals surface area contributed by atoms with Crippen LogP contribution in [0.1, 0.15) is 38.5 Å². The lowest BCUT2D eigenvalue weighted by Gasteiger charge is -2.22. The second-order valence-corrected chi connectivity index (χ2v) is 4.49. The monoisotopic (exact) mass is 165 g/mol. The van der Waals surface area contributed by atoms with E-state index in [1.165, 1.54) is 25.7 Å². The Morgan fingerprint density at radius 2 is 2.17 bits per heavy atom. The molecule has 0 unspecified atom stereocenters. The molecule has 1 amide bonds. The number of amides is 1. The minimum atomic E-state index is 0.439. The van der Waals surface area contributed by atoms with Crippen molar-refractivity contribution in [3.8, 4) is 0 Å². The average Bonchev–Trinajstić information content (AvgIpc) is 2.71. The Morgan fingerprint density at radius 1 is 1.25 bits per heavy atom. The highest BCUT2D eigenvalue weighted by Crippen LogP contribution is 2.46. The lowest BCUT2D eigenvalue weighted by atomic mass is 10.1. The summed E-state index contributed by atoms with van der Waals surface area (Å²) < 4.78 is 0. The van der Waals surface area contributed by atoms with Crippen LogP contribution in [-0.4, -0.2) is 22.9 Å². The lowest BCUT2D eigenvalue weighted by molar-refractivity contribution is -0.129. The molecule has 3 fully saturated rings. The first-order valence-corrected chi connectivity index (χ1v) is 5.17. The smallest absolute Gasteiger partial charge is 0.223 e. The molecule has 2 saturated heterocycles. The fourth-order valence-electron chi connectivity index (χ4n) is 3.00. The van der Waals surface area contributed by atoms with E-state index in [0.717, 1.165) is 18.8 Å². The number of carbonyl (C=O) groups is 1. The van der Waals surface area contributed by atoms with Gasteiger partial charge in [0.15, 0.2) is 0 Å². The number of hydrogen-bond donors (Lipinski definition) is 0. The summed E-state index contributed by atoms with van der Waals surface area (Å²) in [5.74, 6) is 1.33. The molecule has 0 aromatic heterocycles. The van der Waals surface area contributed by atoms with Crippen LogP contribution in [0.25, 0.3) is 0 Å². The van der Waals surface area contributed by atoms with E-state index in [1.54, 1.807) is 0 Å². The maximum absolute atomic E-state index is 11.5. The summed E-state index contributed by atoms with van der Waals surface area (Å²) in [6.07, 6.45) is 7.29. The quantitative estimate of drug-likeness (QED) is 0.533. The van der Waals surface area contributed by atoms with Crippen molar-refractivity contribution in [1.82, 2.24) is 4.90 Å². The lowest BCUT2D eigenvalue weighted by Crippen LogP contribution is -2.34. The normalized spacial score (nSPS) is 45.2. The number of rotatable bonds is 0. The molecule has 0 bridgehead atoms. The molecule has 0 N–H and O–H groups in total. The average molecular weight is 165 g/mol. The Hall–Kier alpha value is -0.530. The molecule has 0 radical (unpaired) electrons. The van der Waals surface area contributed by atoms with Gasteiger partial charge in [-0.3, -0.25) is 4.79 Å². The molecule has 3 atom stereocenters. The number of nitrogens with zero attached hydrogens (tertiary/aromatic N) is 1. The molecule has 0 aromatic carbocycles. The van der Waals surface area contributed by atoms with E-state index in [-0.39, 0.29) is 0 Å². The Kier molecular flexibility index (Phi) is 1.29. The predicted molar refractivity (Wildman–Crippen MR) is 45.6 cm³/mol. The Morgan fingerprint density at radius 3 is 3.08 bits per heavy atom. The summed E-state index contributed by atoms with van der Waals surface area (Å²) in [6.45, 7) is 0. The van der Waals surface area contributed by atoms with Crippen LogP contribution >= 0.6 is 0 Å². The number of carbonyl (C=O) groups excluding carboxylic acids is 1. The summed E-state index contributed by atoms with van der Waals surface area (Å²) >= 11 is 0. The Bertz CT molecular complexity index is 226. The zero-order valence-electron chi connectivity index (χ0n) is 7.33. The van der Waals surface area contributed by atoms with Gasteiger partial charge in [-0.15, -0.1) is 0 Å².